The second kappa shape index (κ2) is 6.57. The molecule has 1 aromatic carbocycles. The van der Waals surface area contributed by atoms with Gasteiger partial charge in [0.15, 0.2) is 0 Å². The third-order valence-corrected chi connectivity index (χ3v) is 3.31. The first-order valence-corrected chi connectivity index (χ1v) is 6.49. The molecule has 0 fully saturated rings. The summed E-state index contributed by atoms with van der Waals surface area (Å²) in [7, 11) is 1.64. The quantitative estimate of drug-likeness (QED) is 0.859. The summed E-state index contributed by atoms with van der Waals surface area (Å²) in [6.45, 7) is 8.06. The van der Waals surface area contributed by atoms with Crippen LogP contribution >= 0.6 is 0 Å². The average molecular weight is 265 g/mol. The summed E-state index contributed by atoms with van der Waals surface area (Å²) < 4.78 is 5.38. The molecule has 0 heterocycles. The minimum absolute atomic E-state index is 0.00838. The number of methoxy groups -OCH3 is 1. The number of carboxylic acid groups (broad SMARTS) is 1. The maximum atomic E-state index is 11.0. The van der Waals surface area contributed by atoms with Crippen molar-refractivity contribution in [1.29, 1.82) is 0 Å². The lowest BCUT2D eigenvalue weighted by Gasteiger charge is -2.32. The number of aryl methyl sites for hydroxylation is 1. The normalized spacial score (nSPS) is 12.8. The second-order valence-electron chi connectivity index (χ2n) is 5.08. The summed E-state index contributed by atoms with van der Waals surface area (Å²) in [6, 6.07) is 6.12. The van der Waals surface area contributed by atoms with E-state index in [-0.39, 0.29) is 18.6 Å². The van der Waals surface area contributed by atoms with E-state index in [1.165, 1.54) is 0 Å². The Bertz CT molecular complexity index is 443. The molecule has 0 amide bonds. The first-order valence-electron chi connectivity index (χ1n) is 6.49. The second-order valence-corrected chi connectivity index (χ2v) is 5.08. The van der Waals surface area contributed by atoms with Gasteiger partial charge < -0.3 is 9.84 Å². The van der Waals surface area contributed by atoms with Crippen LogP contribution in [0.5, 0.6) is 5.75 Å². The topological polar surface area (TPSA) is 49.8 Å². The van der Waals surface area contributed by atoms with E-state index in [9.17, 15) is 4.79 Å². The summed E-state index contributed by atoms with van der Waals surface area (Å²) in [5.41, 5.74) is 2.17. The highest BCUT2D eigenvalue weighted by atomic mass is 16.5. The molecule has 19 heavy (non-hydrogen) atoms. The van der Waals surface area contributed by atoms with Crippen LogP contribution in [0.25, 0.3) is 0 Å². The van der Waals surface area contributed by atoms with Crippen molar-refractivity contribution >= 4 is 5.97 Å². The molecule has 0 bridgehead atoms. The summed E-state index contributed by atoms with van der Waals surface area (Å²) in [5.74, 6) is -0.0127. The van der Waals surface area contributed by atoms with Crippen molar-refractivity contribution in [3.63, 3.8) is 0 Å². The van der Waals surface area contributed by atoms with Crippen molar-refractivity contribution in [2.24, 2.45) is 0 Å². The van der Waals surface area contributed by atoms with Crippen LogP contribution in [-0.4, -0.2) is 35.7 Å². The number of hydrogen-bond donors (Lipinski definition) is 1. The van der Waals surface area contributed by atoms with Gasteiger partial charge in [-0.2, -0.15) is 0 Å². The Labute approximate surface area is 115 Å². The number of nitrogens with zero attached hydrogens (tertiary/aromatic N) is 1. The van der Waals surface area contributed by atoms with Crippen LogP contribution in [0.2, 0.25) is 0 Å². The van der Waals surface area contributed by atoms with E-state index in [0.29, 0.717) is 0 Å². The first kappa shape index (κ1) is 15.5. The van der Waals surface area contributed by atoms with Crippen molar-refractivity contribution in [2.45, 2.75) is 39.8 Å². The zero-order valence-corrected chi connectivity index (χ0v) is 12.3. The SMILES string of the molecule is COc1ccc(C)cc1C(C)N(CC(=O)O)C(C)C. The van der Waals surface area contributed by atoms with Gasteiger partial charge in [0.2, 0.25) is 0 Å². The van der Waals surface area contributed by atoms with Crippen LogP contribution < -0.4 is 4.74 Å². The molecule has 0 aliphatic rings. The third kappa shape index (κ3) is 3.96. The number of aliphatic carboxylic acids is 1. The molecule has 106 valence electrons. The largest absolute Gasteiger partial charge is 0.496 e. The number of hydrogen-bond acceptors (Lipinski definition) is 3. The van der Waals surface area contributed by atoms with Crippen molar-refractivity contribution < 1.29 is 14.6 Å². The number of ether oxygens (including phenoxy) is 1. The highest BCUT2D eigenvalue weighted by Crippen LogP contribution is 2.31. The van der Waals surface area contributed by atoms with Crippen LogP contribution in [0.3, 0.4) is 0 Å². The third-order valence-electron chi connectivity index (χ3n) is 3.31. The van der Waals surface area contributed by atoms with E-state index in [2.05, 4.69) is 6.07 Å². The van der Waals surface area contributed by atoms with E-state index in [0.717, 1.165) is 16.9 Å². The van der Waals surface area contributed by atoms with Gasteiger partial charge in [0, 0.05) is 17.6 Å². The Kier molecular flexibility index (Phi) is 5.36. The smallest absolute Gasteiger partial charge is 0.317 e. The van der Waals surface area contributed by atoms with Gasteiger partial charge in [-0.05, 0) is 33.8 Å². The van der Waals surface area contributed by atoms with E-state index in [1.54, 1.807) is 7.11 Å². The Morgan fingerprint density at radius 1 is 1.37 bits per heavy atom. The van der Waals surface area contributed by atoms with Gasteiger partial charge in [0.25, 0.3) is 0 Å². The van der Waals surface area contributed by atoms with Crippen molar-refractivity contribution in [1.82, 2.24) is 4.90 Å². The predicted octanol–water partition coefficient (Wildman–Crippen LogP) is 2.86. The average Bonchev–Trinajstić information content (AvgIpc) is 2.34. The number of benzene rings is 1. The van der Waals surface area contributed by atoms with Crippen molar-refractivity contribution in [3.05, 3.63) is 29.3 Å². The van der Waals surface area contributed by atoms with Gasteiger partial charge >= 0.3 is 5.97 Å². The van der Waals surface area contributed by atoms with Crippen LogP contribution in [0.1, 0.15) is 37.9 Å². The maximum absolute atomic E-state index is 11.0. The molecule has 1 unspecified atom stereocenters. The van der Waals surface area contributed by atoms with Gasteiger partial charge in [-0.15, -0.1) is 0 Å². The minimum atomic E-state index is -0.813. The Morgan fingerprint density at radius 2 is 2.00 bits per heavy atom. The molecule has 1 N–H and O–H groups in total. The fourth-order valence-electron chi connectivity index (χ4n) is 2.28. The van der Waals surface area contributed by atoms with Gasteiger partial charge in [-0.25, -0.2) is 0 Å². The Hall–Kier alpha value is -1.55. The zero-order valence-electron chi connectivity index (χ0n) is 12.3. The summed E-state index contributed by atoms with van der Waals surface area (Å²) >= 11 is 0. The van der Waals surface area contributed by atoms with Gasteiger partial charge in [0.05, 0.1) is 13.7 Å². The summed E-state index contributed by atoms with van der Waals surface area (Å²) in [6.07, 6.45) is 0. The molecule has 0 saturated carbocycles. The fourth-order valence-corrected chi connectivity index (χ4v) is 2.28. The molecule has 0 radical (unpaired) electrons. The lowest BCUT2D eigenvalue weighted by Crippen LogP contribution is -2.37. The summed E-state index contributed by atoms with van der Waals surface area (Å²) in [5, 5.41) is 9.04. The van der Waals surface area contributed by atoms with Gasteiger partial charge in [-0.1, -0.05) is 17.7 Å². The van der Waals surface area contributed by atoms with Gasteiger partial charge in [-0.3, -0.25) is 9.69 Å². The van der Waals surface area contributed by atoms with Crippen LogP contribution in [0, 0.1) is 6.92 Å². The molecule has 1 atom stereocenters. The van der Waals surface area contributed by atoms with Crippen LogP contribution in [-0.2, 0) is 4.79 Å². The van der Waals surface area contributed by atoms with E-state index in [4.69, 9.17) is 9.84 Å². The first-order chi connectivity index (χ1) is 8.86. The van der Waals surface area contributed by atoms with Crippen LogP contribution in [0.15, 0.2) is 18.2 Å². The highest BCUT2D eigenvalue weighted by Gasteiger charge is 2.23. The zero-order chi connectivity index (χ0) is 14.6. The van der Waals surface area contributed by atoms with Crippen LogP contribution in [0.4, 0.5) is 0 Å². The van der Waals surface area contributed by atoms with Crippen molar-refractivity contribution in [2.75, 3.05) is 13.7 Å². The molecule has 0 spiro atoms. The Balaban J connectivity index is 3.11. The molecule has 0 aliphatic carbocycles. The van der Waals surface area contributed by atoms with E-state index < -0.39 is 5.97 Å². The minimum Gasteiger partial charge on any atom is -0.496 e. The number of rotatable bonds is 6. The molecular weight excluding hydrogens is 242 g/mol. The lowest BCUT2D eigenvalue weighted by molar-refractivity contribution is -0.139. The lowest BCUT2D eigenvalue weighted by atomic mass is 10.0. The molecule has 4 nitrogen and oxygen atoms in total. The maximum Gasteiger partial charge on any atom is 0.317 e. The number of carboxylic acids is 1. The molecular formula is C15H23NO3. The summed E-state index contributed by atoms with van der Waals surface area (Å²) in [4.78, 5) is 12.9. The molecule has 4 heteroatoms. The standard InChI is InChI=1S/C15H23NO3/c1-10(2)16(9-15(17)18)12(4)13-8-11(3)6-7-14(13)19-5/h6-8,10,12H,9H2,1-5H3,(H,17,18). The predicted molar refractivity (Wildman–Crippen MR) is 75.6 cm³/mol. The van der Waals surface area contributed by atoms with Gasteiger partial charge in [0.1, 0.15) is 5.75 Å². The Morgan fingerprint density at radius 3 is 2.47 bits per heavy atom. The van der Waals surface area contributed by atoms with E-state index >= 15 is 0 Å². The molecule has 0 aromatic heterocycles. The molecule has 0 saturated heterocycles. The van der Waals surface area contributed by atoms with Crippen molar-refractivity contribution in [3.8, 4) is 5.75 Å². The monoisotopic (exact) mass is 265 g/mol. The molecule has 1 aromatic rings. The highest BCUT2D eigenvalue weighted by molar-refractivity contribution is 5.69. The fraction of sp³-hybridized carbons (Fsp3) is 0.533. The van der Waals surface area contributed by atoms with E-state index in [1.807, 2.05) is 44.7 Å². The molecule has 1 rings (SSSR count). The number of carbonyl (C=O) groups is 1. The molecule has 0 aliphatic heterocycles.